The van der Waals surface area contributed by atoms with E-state index in [9.17, 15) is 22.8 Å². The van der Waals surface area contributed by atoms with Gasteiger partial charge in [0.1, 0.15) is 11.5 Å². The fourth-order valence-electron chi connectivity index (χ4n) is 8.11. The Morgan fingerprint density at radius 3 is 2.35 bits per heavy atom. The van der Waals surface area contributed by atoms with Crippen molar-refractivity contribution in [1.29, 1.82) is 0 Å². The fourth-order valence-corrected chi connectivity index (χ4v) is 9.93. The van der Waals surface area contributed by atoms with Crippen molar-refractivity contribution in [2.24, 2.45) is 11.3 Å². The molecule has 0 atom stereocenters. The Morgan fingerprint density at radius 2 is 1.63 bits per heavy atom. The maximum absolute atomic E-state index is 14.3. The van der Waals surface area contributed by atoms with Gasteiger partial charge in [0.05, 0.1) is 33.8 Å². The van der Waals surface area contributed by atoms with Crippen molar-refractivity contribution in [3.05, 3.63) is 113 Å². The number of rotatable bonds is 11. The van der Waals surface area contributed by atoms with Gasteiger partial charge in [-0.05, 0) is 104 Å². The maximum Gasteiger partial charge on any atom is 0.309 e. The van der Waals surface area contributed by atoms with Crippen molar-refractivity contribution < 1.29 is 27.5 Å². The summed E-state index contributed by atoms with van der Waals surface area (Å²) in [4.78, 5) is 53.8. The third-order valence-corrected chi connectivity index (χ3v) is 13.6. The topological polar surface area (TPSA) is 169 Å². The molecular weight excluding hydrogens is 825 g/mol. The van der Waals surface area contributed by atoms with Crippen molar-refractivity contribution >= 4 is 66.0 Å². The van der Waals surface area contributed by atoms with E-state index in [0.717, 1.165) is 32.7 Å². The number of piperidine rings is 1. The number of fused-ring (bicyclic) bond motifs is 2. The highest BCUT2D eigenvalue weighted by molar-refractivity contribution is 7.90. The third-order valence-electron chi connectivity index (χ3n) is 11.3. The summed E-state index contributed by atoms with van der Waals surface area (Å²) in [7, 11) is -4.34. The van der Waals surface area contributed by atoms with E-state index in [-0.39, 0.29) is 33.8 Å². The lowest BCUT2D eigenvalue weighted by molar-refractivity contribution is -0.148. The van der Waals surface area contributed by atoms with Gasteiger partial charge in [-0.1, -0.05) is 56.4 Å². The summed E-state index contributed by atoms with van der Waals surface area (Å²) in [6, 6.07) is 23.4. The summed E-state index contributed by atoms with van der Waals surface area (Å²) in [6.45, 7) is 13.2. The van der Waals surface area contributed by atoms with E-state index in [2.05, 4.69) is 45.8 Å². The normalized spacial score (nSPS) is 14.7. The van der Waals surface area contributed by atoms with Crippen LogP contribution in [0.5, 0.6) is 0 Å². The SMILES string of the molecule is CCOC(=O)C1CCN(c2ccc(S(=O)(=O)NC(=O)c3nc(N4CCc5cccc(C(=O)Nc6nc7ccccc7s6)c5C4)ccc3-c3cnn(CC(C)(C)C)c3C)cc2)CC1. The number of anilines is 3. The lowest BCUT2D eigenvalue weighted by Crippen LogP contribution is -2.37. The number of para-hydroxylation sites is 1. The second-order valence-electron chi connectivity index (χ2n) is 16.9. The number of hydrogen-bond acceptors (Lipinski definition) is 12. The van der Waals surface area contributed by atoms with E-state index < -0.39 is 15.9 Å². The fraction of sp³-hybridized carbons (Fsp3) is 0.348. The molecular formula is C46H50N8O6S2. The summed E-state index contributed by atoms with van der Waals surface area (Å²) in [6.07, 6.45) is 3.59. The number of pyridine rings is 1. The monoisotopic (exact) mass is 874 g/mol. The number of esters is 1. The van der Waals surface area contributed by atoms with Crippen molar-refractivity contribution in [1.82, 2.24) is 24.5 Å². The standard InChI is InChI=1S/C46H50N8O6S2/c1-6-60-44(57)31-21-23-52(24-22-31)32-14-16-33(17-15-32)62(58,59)51-43(56)41-34(36-26-47-54(29(36)2)28-46(3,4)5)18-19-40(49-41)53-25-20-30-10-9-11-35(37(30)27-53)42(55)50-45-48-38-12-7-8-13-39(38)61-45/h7-19,26,31H,6,20-25,27-28H2,1-5H3,(H,51,56)(H,48,50,55). The minimum atomic E-state index is -4.34. The van der Waals surface area contributed by atoms with Crippen LogP contribution in [0.25, 0.3) is 21.3 Å². The molecule has 1 fully saturated rings. The zero-order valence-corrected chi connectivity index (χ0v) is 37.1. The van der Waals surface area contributed by atoms with E-state index in [4.69, 9.17) is 9.72 Å². The van der Waals surface area contributed by atoms with Crippen molar-refractivity contribution in [2.45, 2.75) is 71.9 Å². The molecule has 8 rings (SSSR count). The van der Waals surface area contributed by atoms with E-state index in [0.29, 0.717) is 86.2 Å². The number of benzene rings is 3. The van der Waals surface area contributed by atoms with Gasteiger partial charge in [-0.3, -0.25) is 24.4 Å². The molecule has 322 valence electrons. The van der Waals surface area contributed by atoms with Crippen LogP contribution in [0.2, 0.25) is 0 Å². The van der Waals surface area contributed by atoms with Gasteiger partial charge >= 0.3 is 5.97 Å². The van der Waals surface area contributed by atoms with Crippen LogP contribution in [0.15, 0.2) is 90.0 Å². The molecule has 2 aliphatic rings. The number of carbonyl (C=O) groups excluding carboxylic acids is 3. The molecule has 1 saturated heterocycles. The van der Waals surface area contributed by atoms with Crippen LogP contribution in [-0.2, 0) is 39.1 Å². The first-order valence-electron chi connectivity index (χ1n) is 20.8. The summed E-state index contributed by atoms with van der Waals surface area (Å²) in [5.41, 5.74) is 5.77. The molecule has 6 aromatic rings. The van der Waals surface area contributed by atoms with Crippen LogP contribution in [0.4, 0.5) is 16.6 Å². The van der Waals surface area contributed by atoms with Crippen LogP contribution in [-0.4, -0.2) is 72.2 Å². The minimum absolute atomic E-state index is 0.0711. The minimum Gasteiger partial charge on any atom is -0.466 e. The molecule has 62 heavy (non-hydrogen) atoms. The van der Waals surface area contributed by atoms with Crippen LogP contribution in [0.1, 0.15) is 78.2 Å². The van der Waals surface area contributed by atoms with Gasteiger partial charge < -0.3 is 14.5 Å². The average molecular weight is 875 g/mol. The van der Waals surface area contributed by atoms with Crippen LogP contribution in [0.3, 0.4) is 0 Å². The molecule has 5 heterocycles. The molecule has 14 nitrogen and oxygen atoms in total. The summed E-state index contributed by atoms with van der Waals surface area (Å²) in [5.74, 6) is -1.04. The van der Waals surface area contributed by atoms with E-state index in [1.165, 1.54) is 23.5 Å². The molecule has 2 N–H and O–H groups in total. The number of ether oxygens (including phenoxy) is 1. The summed E-state index contributed by atoms with van der Waals surface area (Å²) >= 11 is 1.41. The Kier molecular flexibility index (Phi) is 11.9. The molecule has 2 amide bonds. The molecule has 3 aromatic heterocycles. The maximum atomic E-state index is 14.3. The van der Waals surface area contributed by atoms with E-state index in [1.807, 2.05) is 59.0 Å². The number of sulfonamides is 1. The number of thiazole rings is 1. The number of nitrogens with one attached hydrogen (secondary N) is 2. The Hall–Kier alpha value is -6.13. The third kappa shape index (κ3) is 9.07. The Morgan fingerprint density at radius 1 is 0.871 bits per heavy atom. The highest BCUT2D eigenvalue weighted by Crippen LogP contribution is 2.33. The molecule has 0 radical (unpaired) electrons. The smallest absolute Gasteiger partial charge is 0.309 e. The molecule has 3 aromatic carbocycles. The zero-order valence-electron chi connectivity index (χ0n) is 35.5. The lowest BCUT2D eigenvalue weighted by Gasteiger charge is -2.32. The lowest BCUT2D eigenvalue weighted by atomic mass is 9.94. The molecule has 0 aliphatic carbocycles. The largest absolute Gasteiger partial charge is 0.466 e. The summed E-state index contributed by atoms with van der Waals surface area (Å²) < 4.78 is 38.1. The van der Waals surface area contributed by atoms with E-state index in [1.54, 1.807) is 37.4 Å². The highest BCUT2D eigenvalue weighted by Gasteiger charge is 2.30. The first-order chi connectivity index (χ1) is 29.7. The number of amides is 2. The Balaban J connectivity index is 1.06. The van der Waals surface area contributed by atoms with Gasteiger partial charge in [0.15, 0.2) is 5.13 Å². The highest BCUT2D eigenvalue weighted by atomic mass is 32.2. The van der Waals surface area contributed by atoms with Gasteiger partial charge in [0, 0.05) is 60.8 Å². The van der Waals surface area contributed by atoms with Crippen LogP contribution >= 0.6 is 11.3 Å². The molecule has 0 saturated carbocycles. The Labute approximate surface area is 365 Å². The van der Waals surface area contributed by atoms with Gasteiger partial charge in [-0.25, -0.2) is 23.1 Å². The Bertz CT molecular complexity index is 2730. The molecule has 0 unspecified atom stereocenters. The molecule has 16 heteroatoms. The predicted molar refractivity (Wildman–Crippen MR) is 241 cm³/mol. The number of aromatic nitrogens is 4. The van der Waals surface area contributed by atoms with Gasteiger partial charge in [-0.2, -0.15) is 5.10 Å². The summed E-state index contributed by atoms with van der Waals surface area (Å²) in [5, 5.41) is 8.13. The van der Waals surface area contributed by atoms with Crippen molar-refractivity contribution in [2.75, 3.05) is 41.4 Å². The second kappa shape index (κ2) is 17.3. The second-order valence-corrected chi connectivity index (χ2v) is 19.6. The molecule has 0 spiro atoms. The van der Waals surface area contributed by atoms with Crippen molar-refractivity contribution in [3.63, 3.8) is 0 Å². The quantitative estimate of drug-likeness (QED) is 0.123. The van der Waals surface area contributed by atoms with Crippen LogP contribution < -0.4 is 19.8 Å². The van der Waals surface area contributed by atoms with Gasteiger partial charge in [-0.15, -0.1) is 0 Å². The predicted octanol–water partition coefficient (Wildman–Crippen LogP) is 7.62. The van der Waals surface area contributed by atoms with Crippen molar-refractivity contribution in [3.8, 4) is 11.1 Å². The molecule has 2 aliphatic heterocycles. The number of nitrogens with zero attached hydrogens (tertiary/aromatic N) is 6. The van der Waals surface area contributed by atoms with E-state index >= 15 is 0 Å². The average Bonchev–Trinajstić information content (AvgIpc) is 3.83. The number of carbonyl (C=O) groups is 3. The zero-order chi connectivity index (χ0) is 43.8. The number of hydrogen-bond donors (Lipinski definition) is 2. The molecule has 0 bridgehead atoms. The van der Waals surface area contributed by atoms with Gasteiger partial charge in [0.2, 0.25) is 0 Å². The first kappa shape index (κ1) is 42.6. The van der Waals surface area contributed by atoms with Crippen LogP contribution in [0, 0.1) is 18.3 Å². The van der Waals surface area contributed by atoms with Gasteiger partial charge in [0.25, 0.3) is 21.8 Å². The first-order valence-corrected chi connectivity index (χ1v) is 23.1.